The normalized spacial score (nSPS) is 27.4. The molecule has 0 aromatic carbocycles. The minimum atomic E-state index is 0. The minimum absolute atomic E-state index is 0. The van der Waals surface area contributed by atoms with Gasteiger partial charge in [0.15, 0.2) is 0 Å². The second-order valence-corrected chi connectivity index (χ2v) is 10.4. The van der Waals surface area contributed by atoms with Gasteiger partial charge in [-0.25, -0.2) is 0 Å². The summed E-state index contributed by atoms with van der Waals surface area (Å²) >= 11 is 0. The van der Waals surface area contributed by atoms with E-state index < -0.39 is 0 Å². The molecule has 3 aliphatic carbocycles. The van der Waals surface area contributed by atoms with Crippen molar-refractivity contribution in [3.63, 3.8) is 0 Å². The molecule has 0 N–H and O–H groups in total. The molecule has 0 heterocycles. The van der Waals surface area contributed by atoms with Crippen molar-refractivity contribution in [2.24, 2.45) is 0 Å². The molecule has 0 unspecified atom stereocenters. The molecule has 0 nitrogen and oxygen atoms in total. The molecule has 3 fully saturated rings. The molecule has 0 spiro atoms. The molecule has 0 saturated heterocycles. The Labute approximate surface area is 158 Å². The molecule has 0 aliphatic heterocycles. The maximum Gasteiger partial charge on any atom is 0 e. The zero-order valence-corrected chi connectivity index (χ0v) is 14.7. The fourth-order valence-electron chi connectivity index (χ4n) is 5.03. The van der Waals surface area contributed by atoms with E-state index in [1.807, 2.05) is 0 Å². The molecule has 0 amide bonds. The van der Waals surface area contributed by atoms with Gasteiger partial charge in [0.05, 0.1) is 0 Å². The Balaban J connectivity index is 0.00000147. The van der Waals surface area contributed by atoms with Crippen LogP contribution in [0.5, 0.6) is 0 Å². The van der Waals surface area contributed by atoms with Crippen LogP contribution in [-0.4, -0.2) is 17.0 Å². The van der Waals surface area contributed by atoms with Crippen molar-refractivity contribution in [2.75, 3.05) is 0 Å². The van der Waals surface area contributed by atoms with Crippen molar-refractivity contribution >= 4 is 7.92 Å². The van der Waals surface area contributed by atoms with Crippen LogP contribution in [0.4, 0.5) is 0 Å². The molecule has 3 saturated carbocycles. The van der Waals surface area contributed by atoms with Crippen LogP contribution in [0, 0.1) is 37.7 Å². The van der Waals surface area contributed by atoms with Gasteiger partial charge in [0, 0.05) is 37.7 Å². The molecule has 0 atom stereocenters. The molecule has 20 heavy (non-hydrogen) atoms. The fourth-order valence-corrected chi connectivity index (χ4v) is 9.71. The van der Waals surface area contributed by atoms with E-state index in [1.54, 1.807) is 77.0 Å². The van der Waals surface area contributed by atoms with Crippen LogP contribution in [-0.2, 0) is 0 Å². The van der Waals surface area contributed by atoms with E-state index in [1.165, 1.54) is 36.2 Å². The second kappa shape index (κ2) is 9.74. The first-order valence-electron chi connectivity index (χ1n) is 9.22. The smallest absolute Gasteiger partial charge is 0 e. The van der Waals surface area contributed by atoms with E-state index in [9.17, 15) is 0 Å². The van der Waals surface area contributed by atoms with Crippen molar-refractivity contribution in [3.8, 4) is 0 Å². The van der Waals surface area contributed by atoms with Gasteiger partial charge in [0.25, 0.3) is 0 Å². The van der Waals surface area contributed by atoms with Gasteiger partial charge < -0.3 is 0 Å². The maximum atomic E-state index is 1.61. The molecule has 2 heteroatoms. The molecule has 0 aromatic rings. The summed E-state index contributed by atoms with van der Waals surface area (Å²) in [5.41, 5.74) is 3.57. The average molecular weight is 320 g/mol. The van der Waals surface area contributed by atoms with Gasteiger partial charge >= 0.3 is 0 Å². The van der Waals surface area contributed by atoms with Gasteiger partial charge in [0.1, 0.15) is 0 Å². The summed E-state index contributed by atoms with van der Waals surface area (Å²) in [7, 11) is 0.385. The molecule has 0 aromatic heterocycles. The summed E-state index contributed by atoms with van der Waals surface area (Å²) in [6.45, 7) is 0. The van der Waals surface area contributed by atoms with Crippen LogP contribution in [0.25, 0.3) is 0 Å². The summed E-state index contributed by atoms with van der Waals surface area (Å²) in [4.78, 5) is 0. The van der Waals surface area contributed by atoms with Crippen molar-refractivity contribution < 1.29 is 37.7 Å². The number of rotatable bonds is 3. The molecule has 118 valence electrons. The predicted molar refractivity (Wildman–Crippen MR) is 87.5 cm³/mol. The van der Waals surface area contributed by atoms with Crippen LogP contribution in [0.15, 0.2) is 0 Å². The Bertz CT molecular complexity index is 207. The summed E-state index contributed by atoms with van der Waals surface area (Å²) in [6, 6.07) is 0. The summed E-state index contributed by atoms with van der Waals surface area (Å²) in [5, 5.41) is 0. The zero-order valence-electron chi connectivity index (χ0n) is 13.1. The van der Waals surface area contributed by atoms with Gasteiger partial charge in [-0.2, -0.15) is 0 Å². The van der Waals surface area contributed by atoms with Crippen molar-refractivity contribution in [1.29, 1.82) is 0 Å². The van der Waals surface area contributed by atoms with E-state index in [2.05, 4.69) is 0 Å². The fraction of sp³-hybridized carbons (Fsp3) is 1.00. The quantitative estimate of drug-likeness (QED) is 0.523. The summed E-state index contributed by atoms with van der Waals surface area (Å²) < 4.78 is 0. The Kier molecular flexibility index (Phi) is 8.79. The largest absolute Gasteiger partial charge is 0.0971 e. The third-order valence-corrected chi connectivity index (χ3v) is 10.1. The molecule has 3 aliphatic rings. The number of hydrogen-bond acceptors (Lipinski definition) is 0. The van der Waals surface area contributed by atoms with Crippen LogP contribution >= 0.6 is 7.92 Å². The molecular formula is C18H33ArP. The summed E-state index contributed by atoms with van der Waals surface area (Å²) in [6.07, 6.45) is 23.6. The van der Waals surface area contributed by atoms with Crippen LogP contribution in [0.1, 0.15) is 96.3 Å². The van der Waals surface area contributed by atoms with E-state index >= 15 is 0 Å². The minimum Gasteiger partial charge on any atom is -0.0971 e. The van der Waals surface area contributed by atoms with Gasteiger partial charge in [-0.15, -0.1) is 0 Å². The maximum absolute atomic E-state index is 1.61. The standard InChI is InChI=1S/C18H33P.Ar/c1-4-10-16(11-5-1)19(17-12-6-2-7-13-17)18-14-8-3-9-15-18;/h16-18H,1-15H2;. The van der Waals surface area contributed by atoms with Crippen LogP contribution < -0.4 is 0 Å². The van der Waals surface area contributed by atoms with Crippen LogP contribution in [0.3, 0.4) is 0 Å². The topological polar surface area (TPSA) is 0 Å². The Morgan fingerprint density at radius 3 is 0.900 bits per heavy atom. The molecule has 0 radical (unpaired) electrons. The molecule has 3 rings (SSSR count). The van der Waals surface area contributed by atoms with E-state index in [4.69, 9.17) is 0 Å². The third-order valence-electron chi connectivity index (χ3n) is 5.99. The van der Waals surface area contributed by atoms with Gasteiger partial charge in [-0.1, -0.05) is 65.7 Å². The SMILES string of the molecule is C1CCC(P(C2CCCCC2)C2CCCCC2)CC1.[Ar]. The Morgan fingerprint density at radius 2 is 0.650 bits per heavy atom. The van der Waals surface area contributed by atoms with E-state index in [-0.39, 0.29) is 37.7 Å². The second-order valence-electron chi connectivity index (χ2n) is 7.32. The van der Waals surface area contributed by atoms with Gasteiger partial charge in [-0.3, -0.25) is 0 Å². The summed E-state index contributed by atoms with van der Waals surface area (Å²) in [5.74, 6) is 0. The average Bonchev–Trinajstić information content (AvgIpc) is 2.51. The van der Waals surface area contributed by atoms with Gasteiger partial charge in [0.2, 0.25) is 0 Å². The monoisotopic (exact) mass is 320 g/mol. The first kappa shape index (κ1) is 18.0. The predicted octanol–water partition coefficient (Wildman–Crippen LogP) is 6.47. The zero-order chi connectivity index (χ0) is 12.9. The van der Waals surface area contributed by atoms with E-state index in [0.29, 0.717) is 7.92 Å². The Morgan fingerprint density at radius 1 is 0.400 bits per heavy atom. The van der Waals surface area contributed by atoms with Crippen molar-refractivity contribution in [1.82, 2.24) is 0 Å². The number of hydrogen-bond donors (Lipinski definition) is 0. The first-order valence-corrected chi connectivity index (χ1v) is 10.8. The van der Waals surface area contributed by atoms with E-state index in [0.717, 1.165) is 0 Å². The third kappa shape index (κ3) is 4.84. The van der Waals surface area contributed by atoms with Crippen molar-refractivity contribution in [2.45, 2.75) is 113 Å². The molecule has 0 bridgehead atoms. The van der Waals surface area contributed by atoms with Crippen molar-refractivity contribution in [3.05, 3.63) is 0 Å². The first-order chi connectivity index (χ1) is 9.45. The Hall–Kier alpha value is 1.69. The van der Waals surface area contributed by atoms with Gasteiger partial charge in [-0.05, 0) is 55.5 Å². The van der Waals surface area contributed by atoms with Crippen LogP contribution in [0.2, 0.25) is 0 Å². The molecular weight excluding hydrogens is 287 g/mol.